The van der Waals surface area contributed by atoms with Crippen LogP contribution < -0.4 is 0 Å². The van der Waals surface area contributed by atoms with Crippen molar-refractivity contribution in [1.29, 1.82) is 0 Å². The molecule has 0 atom stereocenters. The van der Waals surface area contributed by atoms with Crippen LogP contribution in [-0.2, 0) is 9.53 Å². The molecule has 0 fully saturated rings. The van der Waals surface area contributed by atoms with Gasteiger partial charge < -0.3 is 4.74 Å². The van der Waals surface area contributed by atoms with E-state index in [2.05, 4.69) is 47.2 Å². The van der Waals surface area contributed by atoms with Gasteiger partial charge in [-0.1, -0.05) is 92.1 Å². The number of halogens is 1. The number of ether oxygens (including phenoxy) is 1. The normalized spacial score (nSPS) is 11.6. The maximum Gasteiger partial charge on any atom is 0.305 e. The number of esters is 1. The second-order valence-electron chi connectivity index (χ2n) is 7.30. The molecule has 0 radical (unpaired) electrons. The van der Waals surface area contributed by atoms with Crippen LogP contribution >= 0.6 is 15.9 Å². The van der Waals surface area contributed by atoms with Crippen molar-refractivity contribution >= 4 is 21.9 Å². The second-order valence-corrected chi connectivity index (χ2v) is 8.10. The van der Waals surface area contributed by atoms with E-state index in [0.29, 0.717) is 13.0 Å². The molecular weight excluding hydrogens is 400 g/mol. The SMILES string of the molecule is CCCCC/C=C\CC=CCCCCCCCCOC(=O)CCCCCBr. The summed E-state index contributed by atoms with van der Waals surface area (Å²) in [5, 5.41) is 1.02. The maximum absolute atomic E-state index is 11.5. The monoisotopic (exact) mass is 442 g/mol. The standard InChI is InChI=1S/C24H43BrO2/c1-2-3-4-5-6-7-8-9-10-11-12-13-14-15-16-20-23-27-24(26)21-18-17-19-22-25/h6-7,9-10H,2-5,8,11-23H2,1H3/b7-6-,10-9?. The molecule has 0 aliphatic rings. The predicted molar refractivity (Wildman–Crippen MR) is 123 cm³/mol. The first-order valence-electron chi connectivity index (χ1n) is 11.3. The van der Waals surface area contributed by atoms with Gasteiger partial charge in [-0.05, 0) is 51.4 Å². The Morgan fingerprint density at radius 1 is 0.741 bits per heavy atom. The summed E-state index contributed by atoms with van der Waals surface area (Å²) in [4.78, 5) is 11.5. The average molecular weight is 444 g/mol. The van der Waals surface area contributed by atoms with Gasteiger partial charge in [0, 0.05) is 11.8 Å². The largest absolute Gasteiger partial charge is 0.466 e. The fraction of sp³-hybridized carbons (Fsp3) is 0.792. The Kier molecular flexibility index (Phi) is 23.0. The Labute approximate surface area is 177 Å². The van der Waals surface area contributed by atoms with Crippen LogP contribution in [-0.4, -0.2) is 17.9 Å². The van der Waals surface area contributed by atoms with E-state index in [0.717, 1.165) is 37.4 Å². The molecule has 0 aromatic rings. The zero-order chi connectivity index (χ0) is 19.8. The van der Waals surface area contributed by atoms with Crippen molar-refractivity contribution in [2.75, 3.05) is 11.9 Å². The summed E-state index contributed by atoms with van der Waals surface area (Å²) >= 11 is 3.40. The first kappa shape index (κ1) is 26.4. The molecular formula is C24H43BrO2. The third kappa shape index (κ3) is 23.4. The van der Waals surface area contributed by atoms with Crippen LogP contribution in [0.1, 0.15) is 110 Å². The number of unbranched alkanes of at least 4 members (excludes halogenated alkanes) is 11. The minimum absolute atomic E-state index is 0.0211. The van der Waals surface area contributed by atoms with Crippen molar-refractivity contribution in [2.24, 2.45) is 0 Å². The third-order valence-electron chi connectivity index (χ3n) is 4.62. The number of hydrogen-bond donors (Lipinski definition) is 0. The Bertz CT molecular complexity index is 363. The summed E-state index contributed by atoms with van der Waals surface area (Å²) in [7, 11) is 0. The Morgan fingerprint density at radius 2 is 1.33 bits per heavy atom. The van der Waals surface area contributed by atoms with Crippen molar-refractivity contribution in [3.8, 4) is 0 Å². The van der Waals surface area contributed by atoms with Gasteiger partial charge in [-0.25, -0.2) is 0 Å². The first-order chi connectivity index (χ1) is 13.3. The van der Waals surface area contributed by atoms with Gasteiger partial charge in [0.2, 0.25) is 0 Å². The predicted octanol–water partition coefficient (Wildman–Crippen LogP) is 8.30. The van der Waals surface area contributed by atoms with Crippen LogP contribution in [0.3, 0.4) is 0 Å². The molecule has 0 aromatic heterocycles. The van der Waals surface area contributed by atoms with E-state index < -0.39 is 0 Å². The highest BCUT2D eigenvalue weighted by Crippen LogP contribution is 2.09. The Morgan fingerprint density at radius 3 is 2.00 bits per heavy atom. The fourth-order valence-corrected chi connectivity index (χ4v) is 3.29. The number of allylic oxidation sites excluding steroid dienone is 4. The molecule has 0 aromatic carbocycles. The van der Waals surface area contributed by atoms with Gasteiger partial charge in [0.05, 0.1) is 6.61 Å². The summed E-state index contributed by atoms with van der Waals surface area (Å²) in [6.07, 6.45) is 27.9. The maximum atomic E-state index is 11.5. The van der Waals surface area contributed by atoms with E-state index in [9.17, 15) is 4.79 Å². The first-order valence-corrected chi connectivity index (χ1v) is 12.4. The minimum atomic E-state index is -0.0211. The molecule has 0 rings (SSSR count). The molecule has 0 aliphatic heterocycles. The Balaban J connectivity index is 3.22. The average Bonchev–Trinajstić information content (AvgIpc) is 2.67. The second kappa shape index (κ2) is 23.5. The number of rotatable bonds is 20. The van der Waals surface area contributed by atoms with Gasteiger partial charge in [-0.15, -0.1) is 0 Å². The van der Waals surface area contributed by atoms with Crippen LogP contribution in [0.25, 0.3) is 0 Å². The quantitative estimate of drug-likeness (QED) is 0.0819. The molecule has 27 heavy (non-hydrogen) atoms. The van der Waals surface area contributed by atoms with Gasteiger partial charge >= 0.3 is 5.97 Å². The summed E-state index contributed by atoms with van der Waals surface area (Å²) < 4.78 is 5.28. The van der Waals surface area contributed by atoms with Crippen LogP contribution in [0, 0.1) is 0 Å². The van der Waals surface area contributed by atoms with Crippen LogP contribution in [0.2, 0.25) is 0 Å². The van der Waals surface area contributed by atoms with Crippen molar-refractivity contribution in [1.82, 2.24) is 0 Å². The van der Waals surface area contributed by atoms with Crippen molar-refractivity contribution in [3.63, 3.8) is 0 Å². The highest BCUT2D eigenvalue weighted by atomic mass is 79.9. The highest BCUT2D eigenvalue weighted by Gasteiger charge is 2.01. The van der Waals surface area contributed by atoms with E-state index in [1.165, 1.54) is 64.2 Å². The van der Waals surface area contributed by atoms with Crippen LogP contribution in [0.4, 0.5) is 0 Å². The molecule has 0 bridgehead atoms. The van der Waals surface area contributed by atoms with Gasteiger partial charge in [0.1, 0.15) is 0 Å². The molecule has 0 saturated heterocycles. The van der Waals surface area contributed by atoms with Gasteiger partial charge in [0.15, 0.2) is 0 Å². The lowest BCUT2D eigenvalue weighted by Crippen LogP contribution is -2.05. The lowest BCUT2D eigenvalue weighted by molar-refractivity contribution is -0.143. The van der Waals surface area contributed by atoms with Gasteiger partial charge in [-0.3, -0.25) is 4.79 Å². The van der Waals surface area contributed by atoms with Crippen LogP contribution in [0.5, 0.6) is 0 Å². The lowest BCUT2D eigenvalue weighted by Gasteiger charge is -2.04. The number of alkyl halides is 1. The summed E-state index contributed by atoms with van der Waals surface area (Å²) in [6, 6.07) is 0. The zero-order valence-corrected chi connectivity index (χ0v) is 19.3. The number of hydrogen-bond acceptors (Lipinski definition) is 2. The Hall–Kier alpha value is -0.570. The molecule has 158 valence electrons. The molecule has 0 spiro atoms. The summed E-state index contributed by atoms with van der Waals surface area (Å²) in [6.45, 7) is 2.85. The number of carbonyl (C=O) groups is 1. The van der Waals surface area contributed by atoms with Crippen molar-refractivity contribution in [3.05, 3.63) is 24.3 Å². The highest BCUT2D eigenvalue weighted by molar-refractivity contribution is 9.09. The summed E-state index contributed by atoms with van der Waals surface area (Å²) in [5.74, 6) is -0.0211. The summed E-state index contributed by atoms with van der Waals surface area (Å²) in [5.41, 5.74) is 0. The molecule has 0 amide bonds. The van der Waals surface area contributed by atoms with Crippen LogP contribution in [0.15, 0.2) is 24.3 Å². The smallest absolute Gasteiger partial charge is 0.305 e. The number of carbonyl (C=O) groups excluding carboxylic acids is 1. The van der Waals surface area contributed by atoms with E-state index in [1.807, 2.05) is 0 Å². The molecule has 0 unspecified atom stereocenters. The minimum Gasteiger partial charge on any atom is -0.466 e. The van der Waals surface area contributed by atoms with Crippen molar-refractivity contribution < 1.29 is 9.53 Å². The van der Waals surface area contributed by atoms with Gasteiger partial charge in [-0.2, -0.15) is 0 Å². The molecule has 0 heterocycles. The molecule has 0 aliphatic carbocycles. The lowest BCUT2D eigenvalue weighted by atomic mass is 10.1. The van der Waals surface area contributed by atoms with Crippen molar-refractivity contribution in [2.45, 2.75) is 110 Å². The third-order valence-corrected chi connectivity index (χ3v) is 5.18. The van der Waals surface area contributed by atoms with E-state index in [-0.39, 0.29) is 5.97 Å². The van der Waals surface area contributed by atoms with E-state index in [4.69, 9.17) is 4.74 Å². The molecule has 2 nitrogen and oxygen atoms in total. The molecule has 3 heteroatoms. The fourth-order valence-electron chi connectivity index (χ4n) is 2.89. The zero-order valence-electron chi connectivity index (χ0n) is 17.7. The molecule has 0 N–H and O–H groups in total. The topological polar surface area (TPSA) is 26.3 Å². The molecule has 0 saturated carbocycles. The van der Waals surface area contributed by atoms with Gasteiger partial charge in [0.25, 0.3) is 0 Å². The van der Waals surface area contributed by atoms with E-state index >= 15 is 0 Å². The van der Waals surface area contributed by atoms with E-state index in [1.54, 1.807) is 0 Å².